The van der Waals surface area contributed by atoms with Crippen LogP contribution in [0.5, 0.6) is 0 Å². The van der Waals surface area contributed by atoms with Gasteiger partial charge in [0.25, 0.3) is 11.8 Å². The van der Waals surface area contributed by atoms with Gasteiger partial charge < -0.3 is 30.6 Å². The minimum Gasteiger partial charge on any atom is -0.460 e. The summed E-state index contributed by atoms with van der Waals surface area (Å²) in [5.74, 6) is -1.73. The summed E-state index contributed by atoms with van der Waals surface area (Å²) in [7, 11) is 0. The van der Waals surface area contributed by atoms with E-state index in [1.807, 2.05) is 0 Å². The first-order chi connectivity index (χ1) is 17.2. The van der Waals surface area contributed by atoms with Gasteiger partial charge in [0.2, 0.25) is 0 Å². The number of hydrogen-bond donors (Lipinski definition) is 5. The summed E-state index contributed by atoms with van der Waals surface area (Å²) in [5, 5.41) is 25.7. The van der Waals surface area contributed by atoms with E-state index in [1.165, 1.54) is 18.2 Å². The summed E-state index contributed by atoms with van der Waals surface area (Å²) >= 11 is 0. The number of benzene rings is 1. The van der Waals surface area contributed by atoms with Crippen molar-refractivity contribution in [2.45, 2.75) is 71.7 Å². The Bertz CT molecular complexity index is 1230. The molecule has 9 nitrogen and oxygen atoms in total. The van der Waals surface area contributed by atoms with Crippen LogP contribution in [0.3, 0.4) is 0 Å². The van der Waals surface area contributed by atoms with Crippen molar-refractivity contribution in [3.8, 4) is 0 Å². The second-order valence-electron chi connectivity index (χ2n) is 10.2. The lowest BCUT2D eigenvalue weighted by atomic mass is 10.0. The summed E-state index contributed by atoms with van der Waals surface area (Å²) in [5.41, 5.74) is 2.77. The molecule has 0 fully saturated rings. The highest BCUT2D eigenvalue weighted by atomic mass is 19.1. The van der Waals surface area contributed by atoms with Gasteiger partial charge in [-0.05, 0) is 77.3 Å². The minimum absolute atomic E-state index is 0.0286. The van der Waals surface area contributed by atoms with Crippen LogP contribution < -0.4 is 10.6 Å². The number of halogens is 1. The average molecular weight is 516 g/mol. The number of aliphatic hydroxyl groups excluding tert-OH is 2. The minimum atomic E-state index is -1.06. The zero-order valence-electron chi connectivity index (χ0n) is 21.7. The van der Waals surface area contributed by atoms with Crippen LogP contribution >= 0.6 is 0 Å². The molecule has 2 amide bonds. The van der Waals surface area contributed by atoms with Crippen molar-refractivity contribution in [1.82, 2.24) is 10.3 Å². The molecule has 5 N–H and O–H groups in total. The second kappa shape index (κ2) is 11.3. The summed E-state index contributed by atoms with van der Waals surface area (Å²) in [6.07, 6.45) is -0.464. The van der Waals surface area contributed by atoms with Gasteiger partial charge in [0, 0.05) is 29.2 Å². The Morgan fingerprint density at radius 2 is 1.89 bits per heavy atom. The maximum Gasteiger partial charge on any atom is 0.308 e. The number of amides is 2. The Morgan fingerprint density at radius 3 is 2.57 bits per heavy atom. The number of aliphatic hydroxyl groups is 2. The van der Waals surface area contributed by atoms with Crippen LogP contribution in [0.1, 0.15) is 72.9 Å². The molecule has 2 aromatic rings. The van der Waals surface area contributed by atoms with E-state index in [-0.39, 0.29) is 37.6 Å². The molecule has 1 aliphatic rings. The van der Waals surface area contributed by atoms with Crippen molar-refractivity contribution < 1.29 is 33.7 Å². The number of rotatable bonds is 9. The van der Waals surface area contributed by atoms with Gasteiger partial charge in [-0.15, -0.1) is 0 Å². The van der Waals surface area contributed by atoms with E-state index in [2.05, 4.69) is 15.6 Å². The Kier molecular flexibility index (Phi) is 8.55. The third kappa shape index (κ3) is 7.27. The number of ether oxygens (including phenoxy) is 1. The fourth-order valence-corrected chi connectivity index (χ4v) is 4.24. The molecule has 1 aromatic carbocycles. The molecule has 0 unspecified atom stereocenters. The third-order valence-corrected chi connectivity index (χ3v) is 5.89. The molecule has 0 aliphatic carbocycles. The molecule has 3 rings (SSSR count). The van der Waals surface area contributed by atoms with Gasteiger partial charge in [-0.3, -0.25) is 14.4 Å². The van der Waals surface area contributed by atoms with Crippen molar-refractivity contribution in [2.24, 2.45) is 0 Å². The van der Waals surface area contributed by atoms with Crippen molar-refractivity contribution in [3.05, 3.63) is 52.1 Å². The predicted octanol–water partition coefficient (Wildman–Crippen LogP) is 3.23. The lowest BCUT2D eigenvalue weighted by molar-refractivity contribution is -0.157. The van der Waals surface area contributed by atoms with E-state index in [0.29, 0.717) is 39.3 Å². The number of carbonyl (C=O) groups is 3. The highest BCUT2D eigenvalue weighted by Gasteiger charge is 2.26. The number of hydrogen-bond acceptors (Lipinski definition) is 6. The van der Waals surface area contributed by atoms with Gasteiger partial charge in [-0.2, -0.15) is 0 Å². The average Bonchev–Trinajstić information content (AvgIpc) is 3.21. The van der Waals surface area contributed by atoms with Crippen molar-refractivity contribution in [1.29, 1.82) is 0 Å². The molecule has 2 heterocycles. The Balaban J connectivity index is 1.58. The van der Waals surface area contributed by atoms with Crippen molar-refractivity contribution >= 4 is 35.1 Å². The summed E-state index contributed by atoms with van der Waals surface area (Å²) in [6, 6.07) is 4.06. The maximum absolute atomic E-state index is 13.7. The van der Waals surface area contributed by atoms with Crippen LogP contribution in [0.4, 0.5) is 10.1 Å². The van der Waals surface area contributed by atoms with E-state index >= 15 is 0 Å². The zero-order valence-corrected chi connectivity index (χ0v) is 21.7. The van der Waals surface area contributed by atoms with Crippen LogP contribution in [-0.2, 0) is 14.3 Å². The zero-order chi connectivity index (χ0) is 27.5. The lowest BCUT2D eigenvalue weighted by Crippen LogP contribution is -2.30. The molecule has 200 valence electrons. The number of nitrogens with one attached hydrogen (secondary N) is 3. The number of carbonyl (C=O) groups excluding carboxylic acids is 3. The van der Waals surface area contributed by atoms with Gasteiger partial charge in [0.15, 0.2) is 0 Å². The molecule has 0 radical (unpaired) electrons. The van der Waals surface area contributed by atoms with E-state index in [1.54, 1.807) is 40.7 Å². The van der Waals surface area contributed by atoms with E-state index < -0.39 is 29.6 Å². The third-order valence-electron chi connectivity index (χ3n) is 5.89. The monoisotopic (exact) mass is 515 g/mol. The maximum atomic E-state index is 13.7. The standard InChI is InChI=1S/C27H34FN3O6/c1-14-22(13-20-19-10-16(28)6-7-21(19)31-25(20)35)30-15(2)24(14)26(36)29-9-8-17(32)11-18(33)12-23(34)37-27(3,4)5/h6-7,10,13,17-18,30,32-33H,8-9,11-12H2,1-5H3,(H,29,36)(H,31,35)/t17-,18-/m1/s1. The molecule has 10 heteroatoms. The summed E-state index contributed by atoms with van der Waals surface area (Å²) in [6.45, 7) is 8.81. The number of H-pyrrole nitrogens is 1. The molecular formula is C27H34FN3O6. The Hall–Kier alpha value is -3.50. The number of aromatic amines is 1. The Labute approximate surface area is 215 Å². The number of fused-ring (bicyclic) bond motifs is 1. The predicted molar refractivity (Wildman–Crippen MR) is 137 cm³/mol. The van der Waals surface area contributed by atoms with Crippen LogP contribution in [0.2, 0.25) is 0 Å². The molecule has 0 spiro atoms. The molecule has 0 bridgehead atoms. The topological polar surface area (TPSA) is 141 Å². The first-order valence-electron chi connectivity index (χ1n) is 12.1. The van der Waals surface area contributed by atoms with Gasteiger partial charge in [-0.1, -0.05) is 0 Å². The highest BCUT2D eigenvalue weighted by Crippen LogP contribution is 2.34. The quantitative estimate of drug-likeness (QED) is 0.257. The Morgan fingerprint density at radius 1 is 1.19 bits per heavy atom. The van der Waals surface area contributed by atoms with E-state index in [0.717, 1.165) is 0 Å². The molecule has 37 heavy (non-hydrogen) atoms. The fraction of sp³-hybridized carbons (Fsp3) is 0.444. The molecule has 2 atom stereocenters. The molecule has 0 saturated heterocycles. The summed E-state index contributed by atoms with van der Waals surface area (Å²) < 4.78 is 18.9. The molecular weight excluding hydrogens is 481 g/mol. The van der Waals surface area contributed by atoms with Crippen LogP contribution in [0, 0.1) is 19.7 Å². The van der Waals surface area contributed by atoms with Gasteiger partial charge in [0.05, 0.1) is 29.8 Å². The molecule has 1 aromatic heterocycles. The van der Waals surface area contributed by atoms with E-state index in [4.69, 9.17) is 4.74 Å². The molecule has 1 aliphatic heterocycles. The lowest BCUT2D eigenvalue weighted by Gasteiger charge is -2.21. The van der Waals surface area contributed by atoms with Crippen molar-refractivity contribution in [2.75, 3.05) is 11.9 Å². The summed E-state index contributed by atoms with van der Waals surface area (Å²) in [4.78, 5) is 40.2. The molecule has 0 saturated carbocycles. The largest absolute Gasteiger partial charge is 0.460 e. The highest BCUT2D eigenvalue weighted by molar-refractivity contribution is 6.34. The fourth-order valence-electron chi connectivity index (χ4n) is 4.24. The first kappa shape index (κ1) is 28.1. The number of aryl methyl sites for hydroxylation is 1. The first-order valence-corrected chi connectivity index (χ1v) is 12.1. The van der Waals surface area contributed by atoms with Crippen LogP contribution in [0.15, 0.2) is 18.2 Å². The van der Waals surface area contributed by atoms with Crippen LogP contribution in [0.25, 0.3) is 11.6 Å². The van der Waals surface area contributed by atoms with Gasteiger partial charge in [-0.25, -0.2) is 4.39 Å². The second-order valence-corrected chi connectivity index (χ2v) is 10.2. The van der Waals surface area contributed by atoms with E-state index in [9.17, 15) is 29.0 Å². The van der Waals surface area contributed by atoms with Crippen molar-refractivity contribution in [3.63, 3.8) is 0 Å². The number of anilines is 1. The number of esters is 1. The normalized spacial score (nSPS) is 15.8. The SMILES string of the molecule is Cc1[nH]c(C=C2C(=O)Nc3ccc(F)cc32)c(C)c1C(=O)NCC[C@@H](O)C[C@@H](O)CC(=O)OC(C)(C)C. The number of aromatic nitrogens is 1. The smallest absolute Gasteiger partial charge is 0.308 e. The van der Waals surface area contributed by atoms with Crippen LogP contribution in [-0.4, -0.2) is 57.3 Å². The van der Waals surface area contributed by atoms with Gasteiger partial charge >= 0.3 is 5.97 Å². The van der Waals surface area contributed by atoms with Gasteiger partial charge in [0.1, 0.15) is 11.4 Å².